The summed E-state index contributed by atoms with van der Waals surface area (Å²) in [6.45, 7) is 9.83. The second-order valence-electron chi connectivity index (χ2n) is 15.0. The zero-order chi connectivity index (χ0) is 33.5. The lowest BCUT2D eigenvalue weighted by Gasteiger charge is -2.42. The first-order chi connectivity index (χ1) is 24.0. The molecular weight excluding hydrogens is 589 g/mol. The van der Waals surface area contributed by atoms with E-state index in [1.165, 1.54) is 91.7 Å². The number of unbranched alkanes of at least 4 members (excludes halogenated alkanes) is 2. The molecule has 0 heterocycles. The van der Waals surface area contributed by atoms with E-state index in [4.69, 9.17) is 0 Å². The van der Waals surface area contributed by atoms with E-state index in [1.54, 1.807) is 11.1 Å². The summed E-state index contributed by atoms with van der Waals surface area (Å²) in [5.41, 5.74) is 14.5. The van der Waals surface area contributed by atoms with Gasteiger partial charge in [0.05, 0.1) is 0 Å². The second kappa shape index (κ2) is 13.0. The number of hydrogen-bond acceptors (Lipinski definition) is 0. The van der Waals surface area contributed by atoms with Gasteiger partial charge < -0.3 is 0 Å². The minimum absolute atomic E-state index is 0.0234. The Hall–Kier alpha value is -4.68. The van der Waals surface area contributed by atoms with E-state index in [-0.39, 0.29) is 5.41 Å². The van der Waals surface area contributed by atoms with Gasteiger partial charge in [-0.1, -0.05) is 185 Å². The number of fused-ring (bicyclic) bond motifs is 4. The lowest BCUT2D eigenvalue weighted by Crippen LogP contribution is -2.30. The molecule has 0 spiro atoms. The first-order valence-corrected chi connectivity index (χ1v) is 18.6. The molecule has 0 nitrogen and oxygen atoms in total. The molecule has 0 aromatic heterocycles. The van der Waals surface area contributed by atoms with E-state index in [0.717, 1.165) is 12.8 Å². The van der Waals surface area contributed by atoms with Crippen LogP contribution in [0.3, 0.4) is 0 Å². The largest absolute Gasteiger partial charge is 0.0654 e. The van der Waals surface area contributed by atoms with Crippen LogP contribution in [0.15, 0.2) is 132 Å². The van der Waals surface area contributed by atoms with Gasteiger partial charge in [0.1, 0.15) is 0 Å². The van der Waals surface area contributed by atoms with Crippen molar-refractivity contribution in [2.45, 2.75) is 78.1 Å². The van der Waals surface area contributed by atoms with Crippen LogP contribution in [-0.4, -0.2) is 0 Å². The molecule has 8 rings (SSSR count). The Morgan fingerprint density at radius 2 is 0.837 bits per heavy atom. The summed E-state index contributed by atoms with van der Waals surface area (Å²) in [5.74, 6) is 0.706. The molecule has 0 amide bonds. The zero-order valence-corrected chi connectivity index (χ0v) is 29.6. The highest BCUT2D eigenvalue weighted by atomic mass is 14.5. The third kappa shape index (κ3) is 5.37. The maximum atomic E-state index is 2.60. The van der Waals surface area contributed by atoms with Gasteiger partial charge in [-0.2, -0.15) is 0 Å². The van der Waals surface area contributed by atoms with Gasteiger partial charge in [0.25, 0.3) is 0 Å². The van der Waals surface area contributed by atoms with E-state index in [9.17, 15) is 0 Å². The molecule has 0 saturated heterocycles. The number of hydrogen-bond donors (Lipinski definition) is 0. The van der Waals surface area contributed by atoms with E-state index in [0.29, 0.717) is 11.8 Å². The SMILES string of the molecule is CCCCC1=Cc2c(-c3cccc4ccccc34)cccc2C1C(C)(C)C1C(CCCC)=Cc2c(-c3cccc4ccccc34)cccc21. The van der Waals surface area contributed by atoms with Crippen molar-refractivity contribution < 1.29 is 0 Å². The van der Waals surface area contributed by atoms with Crippen molar-refractivity contribution in [2.24, 2.45) is 5.41 Å². The Balaban J connectivity index is 1.29. The second-order valence-corrected chi connectivity index (χ2v) is 15.0. The van der Waals surface area contributed by atoms with Gasteiger partial charge >= 0.3 is 0 Å². The monoisotopic (exact) mass is 636 g/mol. The molecule has 49 heavy (non-hydrogen) atoms. The fourth-order valence-electron chi connectivity index (χ4n) is 9.44. The van der Waals surface area contributed by atoms with Crippen molar-refractivity contribution in [1.82, 2.24) is 0 Å². The number of allylic oxidation sites excluding steroid dienone is 2. The highest BCUT2D eigenvalue weighted by Gasteiger charge is 2.47. The minimum Gasteiger partial charge on any atom is -0.0654 e. The van der Waals surface area contributed by atoms with Crippen LogP contribution in [0.1, 0.15) is 100 Å². The van der Waals surface area contributed by atoms with Crippen molar-refractivity contribution in [1.29, 1.82) is 0 Å². The highest BCUT2D eigenvalue weighted by Crippen LogP contribution is 2.61. The summed E-state index contributed by atoms with van der Waals surface area (Å²) in [5, 5.41) is 5.27. The van der Waals surface area contributed by atoms with E-state index in [1.807, 2.05) is 0 Å². The lowest BCUT2D eigenvalue weighted by atomic mass is 9.61. The van der Waals surface area contributed by atoms with Crippen LogP contribution in [0.5, 0.6) is 0 Å². The quantitative estimate of drug-likeness (QED) is 0.140. The lowest BCUT2D eigenvalue weighted by molar-refractivity contribution is 0.267. The summed E-state index contributed by atoms with van der Waals surface area (Å²) in [4.78, 5) is 0. The van der Waals surface area contributed by atoms with Crippen molar-refractivity contribution >= 4 is 33.7 Å². The third-order valence-electron chi connectivity index (χ3n) is 11.6. The van der Waals surface area contributed by atoms with Crippen LogP contribution in [0.4, 0.5) is 0 Å². The summed E-state index contributed by atoms with van der Waals surface area (Å²) in [7, 11) is 0. The standard InChI is InChI=1S/C49H48/c1-5-7-17-35-31-45-41(39-25-13-21-33-19-9-11-23-37(33)39)27-15-29-43(45)47(35)49(3,4)48-36(18-8-6-2)32-46-42(28-16-30-44(46)48)40-26-14-22-34-20-10-12-24-38(34)40/h9-16,19-32,47-48H,5-8,17-18H2,1-4H3. The maximum Gasteiger partial charge on any atom is 0.0118 e. The van der Waals surface area contributed by atoms with E-state index in [2.05, 4.69) is 161 Å². The maximum absolute atomic E-state index is 2.60. The Morgan fingerprint density at radius 3 is 1.29 bits per heavy atom. The van der Waals surface area contributed by atoms with Crippen LogP contribution >= 0.6 is 0 Å². The predicted octanol–water partition coefficient (Wildman–Crippen LogP) is 14.4. The van der Waals surface area contributed by atoms with Crippen molar-refractivity contribution in [3.8, 4) is 22.3 Å². The molecule has 0 radical (unpaired) electrons. The van der Waals surface area contributed by atoms with Gasteiger partial charge in [-0.25, -0.2) is 0 Å². The van der Waals surface area contributed by atoms with Gasteiger partial charge in [-0.3, -0.25) is 0 Å². The van der Waals surface area contributed by atoms with Gasteiger partial charge in [-0.15, -0.1) is 0 Å². The first kappa shape index (κ1) is 31.6. The van der Waals surface area contributed by atoms with Crippen molar-refractivity contribution in [2.75, 3.05) is 0 Å². The summed E-state index contributed by atoms with van der Waals surface area (Å²) in [6, 6.07) is 45.6. The van der Waals surface area contributed by atoms with Gasteiger partial charge in [0.15, 0.2) is 0 Å². The molecule has 2 aliphatic carbocycles. The highest BCUT2D eigenvalue weighted by molar-refractivity contribution is 6.01. The molecule has 0 aliphatic heterocycles. The third-order valence-corrected chi connectivity index (χ3v) is 11.6. The van der Waals surface area contributed by atoms with Gasteiger partial charge in [0.2, 0.25) is 0 Å². The Morgan fingerprint density at radius 1 is 0.449 bits per heavy atom. The van der Waals surface area contributed by atoms with Crippen LogP contribution in [-0.2, 0) is 0 Å². The number of benzene rings is 6. The fraction of sp³-hybridized carbons (Fsp3) is 0.265. The van der Waals surface area contributed by atoms with E-state index < -0.39 is 0 Å². The number of rotatable bonds is 10. The predicted molar refractivity (Wildman–Crippen MR) is 213 cm³/mol. The molecule has 2 atom stereocenters. The average molecular weight is 637 g/mol. The van der Waals surface area contributed by atoms with Gasteiger partial charge in [-0.05, 0) is 97.2 Å². The molecule has 0 N–H and O–H groups in total. The molecule has 2 unspecified atom stereocenters. The molecular formula is C49H48. The normalized spacial score (nSPS) is 16.9. The van der Waals surface area contributed by atoms with Crippen molar-refractivity contribution in [3.05, 3.63) is 155 Å². The van der Waals surface area contributed by atoms with Crippen LogP contribution in [0.2, 0.25) is 0 Å². The molecule has 0 heteroatoms. The summed E-state index contributed by atoms with van der Waals surface area (Å²) < 4.78 is 0. The van der Waals surface area contributed by atoms with Gasteiger partial charge in [0, 0.05) is 11.8 Å². The Bertz CT molecular complexity index is 2070. The van der Waals surface area contributed by atoms with Crippen molar-refractivity contribution in [3.63, 3.8) is 0 Å². The van der Waals surface area contributed by atoms with Crippen LogP contribution in [0.25, 0.3) is 56.0 Å². The smallest absolute Gasteiger partial charge is 0.0118 e. The average Bonchev–Trinajstić information content (AvgIpc) is 3.72. The zero-order valence-electron chi connectivity index (χ0n) is 29.6. The molecule has 6 aromatic rings. The van der Waals surface area contributed by atoms with Crippen LogP contribution < -0.4 is 0 Å². The minimum atomic E-state index is -0.0234. The summed E-state index contributed by atoms with van der Waals surface area (Å²) >= 11 is 0. The van der Waals surface area contributed by atoms with Crippen LogP contribution in [0, 0.1) is 5.41 Å². The molecule has 0 saturated carbocycles. The molecule has 2 aliphatic rings. The Kier molecular flexibility index (Phi) is 8.36. The molecule has 0 fully saturated rings. The topological polar surface area (TPSA) is 0 Å². The Labute approximate surface area is 293 Å². The van der Waals surface area contributed by atoms with E-state index >= 15 is 0 Å². The molecule has 244 valence electrons. The first-order valence-electron chi connectivity index (χ1n) is 18.6. The molecule has 6 aromatic carbocycles. The summed E-state index contributed by atoms with van der Waals surface area (Å²) in [6.07, 6.45) is 12.4. The molecule has 0 bridgehead atoms. The fourth-order valence-corrected chi connectivity index (χ4v) is 9.44.